The van der Waals surface area contributed by atoms with Gasteiger partial charge in [-0.15, -0.1) is 17.9 Å². The quantitative estimate of drug-likeness (QED) is 0.312. The van der Waals surface area contributed by atoms with E-state index in [4.69, 9.17) is 9.47 Å². The largest absolute Gasteiger partial charge is 0.493 e. The highest BCUT2D eigenvalue weighted by Crippen LogP contribution is 2.28. The standard InChI is InChI=1S/C28H31FN2O4S/c1-4-14-30(27(32)18-21-7-10-23(29)11-8-21)20-28(33)31(19-24-6-5-16-36-24)15-13-22-9-12-25(34-2)26(17-22)35-3/h4-12,16-17H,1,13-15,18-20H2,2-3H3. The van der Waals surface area contributed by atoms with Crippen LogP contribution in [0.1, 0.15) is 16.0 Å². The molecule has 2 amide bonds. The second-order valence-electron chi connectivity index (χ2n) is 8.20. The molecule has 0 saturated heterocycles. The number of benzene rings is 2. The first-order valence-electron chi connectivity index (χ1n) is 11.6. The lowest BCUT2D eigenvalue weighted by molar-refractivity contribution is -0.140. The first-order valence-corrected chi connectivity index (χ1v) is 12.5. The SMILES string of the molecule is C=CCN(CC(=O)N(CCc1ccc(OC)c(OC)c1)Cc1cccs1)C(=O)Cc1ccc(F)cc1. The number of halogens is 1. The molecule has 0 spiro atoms. The van der Waals surface area contributed by atoms with Crippen molar-refractivity contribution in [3.63, 3.8) is 0 Å². The van der Waals surface area contributed by atoms with Gasteiger partial charge in [-0.3, -0.25) is 9.59 Å². The van der Waals surface area contributed by atoms with Crippen molar-refractivity contribution in [1.82, 2.24) is 9.80 Å². The fourth-order valence-electron chi connectivity index (χ4n) is 3.75. The van der Waals surface area contributed by atoms with Crippen LogP contribution in [0.15, 0.2) is 72.6 Å². The minimum absolute atomic E-state index is 0.0661. The van der Waals surface area contributed by atoms with Crippen LogP contribution in [-0.4, -0.2) is 55.5 Å². The predicted octanol–water partition coefficient (Wildman–Crippen LogP) is 4.73. The Morgan fingerprint density at radius 3 is 2.33 bits per heavy atom. The highest BCUT2D eigenvalue weighted by molar-refractivity contribution is 7.09. The molecule has 0 N–H and O–H groups in total. The third kappa shape index (κ3) is 7.68. The summed E-state index contributed by atoms with van der Waals surface area (Å²) in [6.07, 6.45) is 2.30. The maximum absolute atomic E-state index is 13.4. The summed E-state index contributed by atoms with van der Waals surface area (Å²) in [5, 5.41) is 1.97. The molecular weight excluding hydrogens is 479 g/mol. The number of thiophene rings is 1. The van der Waals surface area contributed by atoms with Crippen molar-refractivity contribution in [2.24, 2.45) is 0 Å². The average molecular weight is 511 g/mol. The lowest BCUT2D eigenvalue weighted by atomic mass is 10.1. The van der Waals surface area contributed by atoms with Gasteiger partial charge in [-0.05, 0) is 53.3 Å². The molecular formula is C28H31FN2O4S. The number of hydrogen-bond donors (Lipinski definition) is 0. The normalized spacial score (nSPS) is 10.5. The molecule has 0 bridgehead atoms. The van der Waals surface area contributed by atoms with Gasteiger partial charge < -0.3 is 19.3 Å². The Kier molecular flexibility index (Phi) is 10.1. The number of carbonyl (C=O) groups excluding carboxylic acids is 2. The van der Waals surface area contributed by atoms with Gasteiger partial charge in [0.2, 0.25) is 11.8 Å². The fourth-order valence-corrected chi connectivity index (χ4v) is 4.46. The molecule has 8 heteroatoms. The van der Waals surface area contributed by atoms with Crippen molar-refractivity contribution in [2.45, 2.75) is 19.4 Å². The molecule has 0 aliphatic rings. The molecule has 0 radical (unpaired) electrons. The van der Waals surface area contributed by atoms with Crippen molar-refractivity contribution >= 4 is 23.2 Å². The van der Waals surface area contributed by atoms with Crippen molar-refractivity contribution in [1.29, 1.82) is 0 Å². The van der Waals surface area contributed by atoms with Gasteiger partial charge in [0, 0.05) is 18.0 Å². The Morgan fingerprint density at radius 1 is 0.972 bits per heavy atom. The van der Waals surface area contributed by atoms with Crippen molar-refractivity contribution in [3.8, 4) is 11.5 Å². The lowest BCUT2D eigenvalue weighted by Crippen LogP contribution is -2.43. The zero-order valence-electron chi connectivity index (χ0n) is 20.6. The maximum Gasteiger partial charge on any atom is 0.242 e. The zero-order chi connectivity index (χ0) is 25.9. The molecule has 0 fully saturated rings. The minimum Gasteiger partial charge on any atom is -0.493 e. The van der Waals surface area contributed by atoms with Gasteiger partial charge >= 0.3 is 0 Å². The maximum atomic E-state index is 13.4. The molecule has 190 valence electrons. The number of amides is 2. The van der Waals surface area contributed by atoms with Crippen LogP contribution in [-0.2, 0) is 29.0 Å². The molecule has 3 aromatic rings. The van der Waals surface area contributed by atoms with Gasteiger partial charge in [0.1, 0.15) is 12.4 Å². The van der Waals surface area contributed by atoms with Gasteiger partial charge in [0.05, 0.1) is 27.2 Å². The van der Waals surface area contributed by atoms with Gasteiger partial charge in [0.15, 0.2) is 11.5 Å². The highest BCUT2D eigenvalue weighted by Gasteiger charge is 2.21. The van der Waals surface area contributed by atoms with Crippen LogP contribution in [0, 0.1) is 5.82 Å². The van der Waals surface area contributed by atoms with E-state index in [1.54, 1.807) is 48.7 Å². The first-order chi connectivity index (χ1) is 17.4. The van der Waals surface area contributed by atoms with E-state index in [0.29, 0.717) is 36.6 Å². The van der Waals surface area contributed by atoms with Crippen LogP contribution < -0.4 is 9.47 Å². The van der Waals surface area contributed by atoms with Crippen LogP contribution in [0.2, 0.25) is 0 Å². The predicted molar refractivity (Wildman–Crippen MR) is 140 cm³/mol. The Balaban J connectivity index is 1.71. The van der Waals surface area contributed by atoms with E-state index in [0.717, 1.165) is 10.4 Å². The monoisotopic (exact) mass is 510 g/mol. The molecule has 2 aromatic carbocycles. The third-order valence-corrected chi connectivity index (χ3v) is 6.56. The summed E-state index contributed by atoms with van der Waals surface area (Å²) in [7, 11) is 3.18. The number of rotatable bonds is 13. The molecule has 0 aliphatic heterocycles. The topological polar surface area (TPSA) is 59.1 Å². The third-order valence-electron chi connectivity index (χ3n) is 5.69. The molecule has 0 saturated carbocycles. The van der Waals surface area contributed by atoms with Crippen LogP contribution >= 0.6 is 11.3 Å². The van der Waals surface area contributed by atoms with Crippen LogP contribution in [0.4, 0.5) is 4.39 Å². The fraction of sp³-hybridized carbons (Fsp3) is 0.286. The van der Waals surface area contributed by atoms with Crippen LogP contribution in [0.3, 0.4) is 0 Å². The molecule has 6 nitrogen and oxygen atoms in total. The molecule has 0 aliphatic carbocycles. The second kappa shape index (κ2) is 13.4. The van der Waals surface area contributed by atoms with Crippen LogP contribution in [0.5, 0.6) is 11.5 Å². The van der Waals surface area contributed by atoms with E-state index in [1.165, 1.54) is 17.0 Å². The minimum atomic E-state index is -0.358. The summed E-state index contributed by atoms with van der Waals surface area (Å²) >= 11 is 1.58. The number of hydrogen-bond acceptors (Lipinski definition) is 5. The molecule has 0 unspecified atom stereocenters. The summed E-state index contributed by atoms with van der Waals surface area (Å²) in [4.78, 5) is 30.7. The Labute approximate surface area is 215 Å². The van der Waals surface area contributed by atoms with E-state index in [9.17, 15) is 14.0 Å². The van der Waals surface area contributed by atoms with Gasteiger partial charge in [-0.2, -0.15) is 0 Å². The highest BCUT2D eigenvalue weighted by atomic mass is 32.1. The van der Waals surface area contributed by atoms with Gasteiger partial charge in [-0.25, -0.2) is 4.39 Å². The Morgan fingerprint density at radius 2 is 1.69 bits per heavy atom. The van der Waals surface area contributed by atoms with E-state index in [2.05, 4.69) is 6.58 Å². The van der Waals surface area contributed by atoms with E-state index in [-0.39, 0.29) is 37.1 Å². The van der Waals surface area contributed by atoms with E-state index >= 15 is 0 Å². The van der Waals surface area contributed by atoms with Crippen molar-refractivity contribution in [2.75, 3.05) is 33.9 Å². The van der Waals surface area contributed by atoms with E-state index in [1.807, 2.05) is 35.7 Å². The second-order valence-corrected chi connectivity index (χ2v) is 9.23. The lowest BCUT2D eigenvalue weighted by Gasteiger charge is -2.27. The van der Waals surface area contributed by atoms with E-state index < -0.39 is 0 Å². The van der Waals surface area contributed by atoms with Gasteiger partial charge in [-0.1, -0.05) is 30.3 Å². The molecule has 1 heterocycles. The Hall–Kier alpha value is -3.65. The van der Waals surface area contributed by atoms with Crippen molar-refractivity contribution in [3.05, 3.63) is 94.5 Å². The summed E-state index contributed by atoms with van der Waals surface area (Å²) < 4.78 is 23.9. The van der Waals surface area contributed by atoms with Crippen LogP contribution in [0.25, 0.3) is 0 Å². The summed E-state index contributed by atoms with van der Waals surface area (Å²) in [5.74, 6) is 0.550. The first kappa shape index (κ1) is 26.9. The molecule has 36 heavy (non-hydrogen) atoms. The molecule has 1 aromatic heterocycles. The number of methoxy groups -OCH3 is 2. The summed E-state index contributed by atoms with van der Waals surface area (Å²) in [5.41, 5.74) is 1.69. The number of carbonyl (C=O) groups is 2. The zero-order valence-corrected chi connectivity index (χ0v) is 21.4. The summed E-state index contributed by atoms with van der Waals surface area (Å²) in [6.45, 7) is 4.84. The number of ether oxygens (including phenoxy) is 2. The molecule has 3 rings (SSSR count). The summed E-state index contributed by atoms with van der Waals surface area (Å²) in [6, 6.07) is 15.4. The smallest absolute Gasteiger partial charge is 0.242 e. The average Bonchev–Trinajstić information content (AvgIpc) is 3.40. The Bertz CT molecular complexity index is 1150. The number of nitrogens with zero attached hydrogens (tertiary/aromatic N) is 2. The van der Waals surface area contributed by atoms with Crippen molar-refractivity contribution < 1.29 is 23.5 Å². The van der Waals surface area contributed by atoms with Gasteiger partial charge in [0.25, 0.3) is 0 Å². The molecule has 0 atom stereocenters.